The van der Waals surface area contributed by atoms with E-state index in [1.54, 1.807) is 13.0 Å². The Hall–Kier alpha value is -2.69. The SMILES string of the molecule is Cc1cc(N=Nc2ccc3c(c2)CCC(=O)C3)c(N)cc1O. The van der Waals surface area contributed by atoms with Gasteiger partial charge in [-0.3, -0.25) is 4.79 Å². The summed E-state index contributed by atoms with van der Waals surface area (Å²) in [6.07, 6.45) is 1.87. The second kappa shape index (κ2) is 5.60. The zero-order valence-corrected chi connectivity index (χ0v) is 12.3. The third kappa shape index (κ3) is 2.83. The number of carbonyl (C=O) groups excluding carboxylic acids is 1. The molecule has 1 aliphatic carbocycles. The second-order valence-corrected chi connectivity index (χ2v) is 5.57. The summed E-state index contributed by atoms with van der Waals surface area (Å²) in [7, 11) is 0. The molecule has 22 heavy (non-hydrogen) atoms. The molecule has 0 amide bonds. The number of rotatable bonds is 2. The molecule has 0 heterocycles. The molecule has 5 nitrogen and oxygen atoms in total. The van der Waals surface area contributed by atoms with Crippen molar-refractivity contribution in [3.63, 3.8) is 0 Å². The first-order valence-electron chi connectivity index (χ1n) is 7.17. The first-order valence-corrected chi connectivity index (χ1v) is 7.17. The summed E-state index contributed by atoms with van der Waals surface area (Å²) in [4.78, 5) is 11.4. The summed E-state index contributed by atoms with van der Waals surface area (Å²) in [5.74, 6) is 0.434. The van der Waals surface area contributed by atoms with Crippen LogP contribution in [0, 0.1) is 6.92 Å². The summed E-state index contributed by atoms with van der Waals surface area (Å²) in [6, 6.07) is 8.93. The number of azo groups is 1. The van der Waals surface area contributed by atoms with Gasteiger partial charge >= 0.3 is 0 Å². The molecule has 1 aliphatic rings. The number of hydrogen-bond donors (Lipinski definition) is 2. The molecule has 2 aromatic rings. The number of hydrogen-bond acceptors (Lipinski definition) is 5. The fourth-order valence-corrected chi connectivity index (χ4v) is 2.55. The number of phenolic OH excluding ortho intramolecular Hbond substituents is 1. The smallest absolute Gasteiger partial charge is 0.137 e. The molecule has 0 radical (unpaired) electrons. The number of anilines is 1. The van der Waals surface area contributed by atoms with Crippen LogP contribution in [0.1, 0.15) is 23.1 Å². The standard InChI is InChI=1S/C17H17N3O2/c1-10-6-16(15(18)9-17(10)22)20-19-13-4-2-12-8-14(21)5-3-11(12)7-13/h2,4,6-7,9,22H,3,5,8,18H2,1H3. The highest BCUT2D eigenvalue weighted by Gasteiger charge is 2.15. The molecule has 0 aromatic heterocycles. The lowest BCUT2D eigenvalue weighted by Gasteiger charge is -2.14. The van der Waals surface area contributed by atoms with Gasteiger partial charge in [-0.2, -0.15) is 5.11 Å². The third-order valence-electron chi connectivity index (χ3n) is 3.87. The summed E-state index contributed by atoms with van der Waals surface area (Å²) in [6.45, 7) is 1.78. The van der Waals surface area contributed by atoms with Gasteiger partial charge in [0.15, 0.2) is 0 Å². The van der Waals surface area contributed by atoms with Gasteiger partial charge in [-0.25, -0.2) is 0 Å². The molecule has 0 bridgehead atoms. The van der Waals surface area contributed by atoms with Gasteiger partial charge < -0.3 is 10.8 Å². The van der Waals surface area contributed by atoms with Crippen molar-refractivity contribution in [1.29, 1.82) is 0 Å². The van der Waals surface area contributed by atoms with Crippen molar-refractivity contribution in [3.8, 4) is 5.75 Å². The van der Waals surface area contributed by atoms with Gasteiger partial charge in [0.1, 0.15) is 17.2 Å². The molecular formula is C17H17N3O2. The first kappa shape index (κ1) is 14.3. The Morgan fingerprint density at radius 2 is 1.91 bits per heavy atom. The Kier molecular flexibility index (Phi) is 3.63. The minimum atomic E-state index is 0.148. The Bertz CT molecular complexity index is 782. The van der Waals surface area contributed by atoms with Crippen molar-refractivity contribution in [2.45, 2.75) is 26.2 Å². The highest BCUT2D eigenvalue weighted by Crippen LogP contribution is 2.31. The van der Waals surface area contributed by atoms with Crippen LogP contribution < -0.4 is 5.73 Å². The molecule has 0 spiro atoms. The van der Waals surface area contributed by atoms with E-state index in [2.05, 4.69) is 10.2 Å². The number of benzene rings is 2. The number of Topliss-reactive ketones (excluding diaryl/α,β-unsaturated/α-hetero) is 1. The molecule has 2 aromatic carbocycles. The quantitative estimate of drug-likeness (QED) is 0.653. The molecule has 0 unspecified atom stereocenters. The van der Waals surface area contributed by atoms with Crippen molar-refractivity contribution in [3.05, 3.63) is 47.0 Å². The normalized spacial score (nSPS) is 14.3. The number of nitrogens with zero attached hydrogens (tertiary/aromatic N) is 2. The molecule has 0 saturated heterocycles. The number of carbonyl (C=O) groups is 1. The minimum absolute atomic E-state index is 0.148. The number of nitrogen functional groups attached to an aromatic ring is 1. The maximum absolute atomic E-state index is 11.4. The van der Waals surface area contributed by atoms with Crippen LogP contribution in [0.4, 0.5) is 17.1 Å². The predicted molar refractivity (Wildman–Crippen MR) is 84.9 cm³/mol. The molecule has 3 N–H and O–H groups in total. The van der Waals surface area contributed by atoms with Crippen molar-refractivity contribution in [2.24, 2.45) is 10.2 Å². The molecule has 112 valence electrons. The lowest BCUT2D eigenvalue weighted by atomic mass is 9.90. The lowest BCUT2D eigenvalue weighted by molar-refractivity contribution is -0.118. The van der Waals surface area contributed by atoms with E-state index in [4.69, 9.17) is 5.73 Å². The topological polar surface area (TPSA) is 88.0 Å². The van der Waals surface area contributed by atoms with Crippen LogP contribution in [-0.2, 0) is 17.6 Å². The van der Waals surface area contributed by atoms with E-state index in [0.29, 0.717) is 29.8 Å². The van der Waals surface area contributed by atoms with Crippen molar-refractivity contribution < 1.29 is 9.90 Å². The van der Waals surface area contributed by atoms with Crippen LogP contribution in [0.2, 0.25) is 0 Å². The van der Waals surface area contributed by atoms with E-state index in [-0.39, 0.29) is 11.5 Å². The molecular weight excluding hydrogens is 278 g/mol. The number of nitrogens with two attached hydrogens (primary N) is 1. The Balaban J connectivity index is 1.87. The molecule has 0 saturated carbocycles. The molecule has 0 atom stereocenters. The maximum atomic E-state index is 11.4. The average molecular weight is 295 g/mol. The van der Waals surface area contributed by atoms with Gasteiger partial charge in [0, 0.05) is 18.9 Å². The second-order valence-electron chi connectivity index (χ2n) is 5.57. The predicted octanol–water partition coefficient (Wildman–Crippen LogP) is 3.76. The van der Waals surface area contributed by atoms with E-state index in [1.165, 1.54) is 6.07 Å². The van der Waals surface area contributed by atoms with Gasteiger partial charge in [-0.15, -0.1) is 5.11 Å². The van der Waals surface area contributed by atoms with Crippen LogP contribution >= 0.6 is 0 Å². The number of aryl methyl sites for hydroxylation is 2. The highest BCUT2D eigenvalue weighted by atomic mass is 16.3. The van der Waals surface area contributed by atoms with E-state index < -0.39 is 0 Å². The Morgan fingerprint density at radius 3 is 2.73 bits per heavy atom. The van der Waals surface area contributed by atoms with Gasteiger partial charge in [-0.1, -0.05) is 6.07 Å². The minimum Gasteiger partial charge on any atom is -0.508 e. The van der Waals surface area contributed by atoms with Gasteiger partial charge in [0.25, 0.3) is 0 Å². The maximum Gasteiger partial charge on any atom is 0.137 e. The summed E-state index contributed by atoms with van der Waals surface area (Å²) in [5, 5.41) is 18.0. The lowest BCUT2D eigenvalue weighted by Crippen LogP contribution is -2.12. The molecule has 5 heteroatoms. The van der Waals surface area contributed by atoms with E-state index >= 15 is 0 Å². The monoisotopic (exact) mass is 295 g/mol. The zero-order chi connectivity index (χ0) is 15.7. The van der Waals surface area contributed by atoms with E-state index in [9.17, 15) is 9.90 Å². The van der Waals surface area contributed by atoms with Gasteiger partial charge in [-0.05, 0) is 48.2 Å². The first-order chi connectivity index (χ1) is 10.5. The Labute approximate surface area is 128 Å². The van der Waals surface area contributed by atoms with E-state index in [0.717, 1.165) is 23.2 Å². The number of ketones is 1. The zero-order valence-electron chi connectivity index (χ0n) is 12.3. The highest BCUT2D eigenvalue weighted by molar-refractivity contribution is 5.83. The molecule has 3 rings (SSSR count). The summed E-state index contributed by atoms with van der Waals surface area (Å²) < 4.78 is 0. The average Bonchev–Trinajstić information content (AvgIpc) is 2.49. The third-order valence-corrected chi connectivity index (χ3v) is 3.87. The van der Waals surface area contributed by atoms with Crippen LogP contribution in [0.5, 0.6) is 5.75 Å². The summed E-state index contributed by atoms with van der Waals surface area (Å²) >= 11 is 0. The van der Waals surface area contributed by atoms with Crippen molar-refractivity contribution >= 4 is 22.8 Å². The summed E-state index contributed by atoms with van der Waals surface area (Å²) in [5.41, 5.74) is 10.4. The largest absolute Gasteiger partial charge is 0.508 e. The fourth-order valence-electron chi connectivity index (χ4n) is 2.55. The van der Waals surface area contributed by atoms with Gasteiger partial charge in [0.2, 0.25) is 0 Å². The molecule has 0 aliphatic heterocycles. The van der Waals surface area contributed by atoms with Crippen molar-refractivity contribution in [1.82, 2.24) is 0 Å². The Morgan fingerprint density at radius 1 is 1.09 bits per heavy atom. The molecule has 0 fully saturated rings. The van der Waals surface area contributed by atoms with E-state index in [1.807, 2.05) is 18.2 Å². The van der Waals surface area contributed by atoms with Crippen LogP contribution in [0.15, 0.2) is 40.6 Å². The van der Waals surface area contributed by atoms with Crippen LogP contribution in [0.3, 0.4) is 0 Å². The van der Waals surface area contributed by atoms with Crippen molar-refractivity contribution in [2.75, 3.05) is 5.73 Å². The number of phenols is 1. The van der Waals surface area contributed by atoms with Crippen LogP contribution in [-0.4, -0.2) is 10.9 Å². The van der Waals surface area contributed by atoms with Gasteiger partial charge in [0.05, 0.1) is 11.4 Å². The number of aromatic hydroxyl groups is 1. The number of fused-ring (bicyclic) bond motifs is 1. The van der Waals surface area contributed by atoms with Crippen LogP contribution in [0.25, 0.3) is 0 Å². The fraction of sp³-hybridized carbons (Fsp3) is 0.235.